The Morgan fingerprint density at radius 3 is 2.45 bits per heavy atom. The molecule has 0 unspecified atom stereocenters. The van der Waals surface area contributed by atoms with E-state index in [0.29, 0.717) is 16.0 Å². The first-order valence-corrected chi connectivity index (χ1v) is 11.3. The van der Waals surface area contributed by atoms with Gasteiger partial charge in [-0.05, 0) is 49.9 Å². The van der Waals surface area contributed by atoms with Crippen LogP contribution in [-0.2, 0) is 0 Å². The van der Waals surface area contributed by atoms with Crippen molar-refractivity contribution in [2.24, 2.45) is 5.92 Å². The lowest BCUT2D eigenvalue weighted by Crippen LogP contribution is -2.49. The largest absolute Gasteiger partial charge is 0.490 e. The lowest BCUT2D eigenvalue weighted by molar-refractivity contribution is 0.0807. The van der Waals surface area contributed by atoms with E-state index in [1.54, 1.807) is 12.1 Å². The predicted octanol–water partition coefficient (Wildman–Crippen LogP) is 6.02. The van der Waals surface area contributed by atoms with Crippen molar-refractivity contribution in [1.82, 2.24) is 10.2 Å². The molecule has 1 aliphatic rings. The van der Waals surface area contributed by atoms with E-state index >= 15 is 0 Å². The maximum Gasteiger partial charge on any atom is 0.251 e. The molecule has 1 amide bonds. The van der Waals surface area contributed by atoms with Crippen LogP contribution in [0.4, 0.5) is 0 Å². The van der Waals surface area contributed by atoms with Gasteiger partial charge in [0, 0.05) is 37.3 Å². The molecule has 0 aliphatic carbocycles. The second-order valence-corrected chi connectivity index (χ2v) is 9.20. The van der Waals surface area contributed by atoms with Crippen molar-refractivity contribution < 1.29 is 9.53 Å². The molecule has 2 aromatic rings. The lowest BCUT2D eigenvalue weighted by Gasteiger charge is -2.35. The highest BCUT2D eigenvalue weighted by molar-refractivity contribution is 6.42. The van der Waals surface area contributed by atoms with Crippen LogP contribution in [0.3, 0.4) is 0 Å². The highest BCUT2D eigenvalue weighted by atomic mass is 35.5. The zero-order valence-electron chi connectivity index (χ0n) is 18.2. The Kier molecular flexibility index (Phi) is 9.95. The summed E-state index contributed by atoms with van der Waals surface area (Å²) in [4.78, 5) is 15.1. The average molecular weight is 486 g/mol. The summed E-state index contributed by atoms with van der Waals surface area (Å²) in [7, 11) is 0. The van der Waals surface area contributed by atoms with Gasteiger partial charge in [0.2, 0.25) is 0 Å². The molecule has 1 fully saturated rings. The fourth-order valence-electron chi connectivity index (χ4n) is 3.69. The number of carbonyl (C=O) groups is 1. The van der Waals surface area contributed by atoms with Crippen molar-refractivity contribution >= 4 is 41.5 Å². The first-order chi connectivity index (χ1) is 14.3. The Morgan fingerprint density at radius 2 is 1.84 bits per heavy atom. The first-order valence-electron chi connectivity index (χ1n) is 10.5. The molecule has 1 N–H and O–H groups in total. The smallest absolute Gasteiger partial charge is 0.251 e. The van der Waals surface area contributed by atoms with E-state index in [1.807, 2.05) is 37.3 Å². The molecule has 2 aromatic carbocycles. The molecule has 0 radical (unpaired) electrons. The number of hydrogen-bond donors (Lipinski definition) is 1. The quantitative estimate of drug-likeness (QED) is 0.521. The SMILES string of the molecule is Cc1cccc(C(=O)N[C@H](CN2CCC(Oc3ccc(Cl)c(Cl)c3)CC2)C(C)C)c1.Cl. The van der Waals surface area contributed by atoms with Gasteiger partial charge < -0.3 is 15.0 Å². The minimum Gasteiger partial charge on any atom is -0.490 e. The number of aryl methyl sites for hydroxylation is 1. The standard InChI is InChI=1S/C24H30Cl2N2O2.ClH/c1-16(2)23(27-24(29)18-6-4-5-17(3)13-18)15-28-11-9-19(10-12-28)30-20-7-8-21(25)22(26)14-20;/h4-8,13-14,16,19,23H,9-12,15H2,1-3H3,(H,27,29);1H/t23-;/m1./s1. The summed E-state index contributed by atoms with van der Waals surface area (Å²) >= 11 is 12.1. The van der Waals surface area contributed by atoms with Crippen molar-refractivity contribution in [3.8, 4) is 5.75 Å². The third-order valence-corrected chi connectivity index (χ3v) is 6.32. The molecular weight excluding hydrogens is 455 g/mol. The van der Waals surface area contributed by atoms with Crippen molar-refractivity contribution in [2.75, 3.05) is 19.6 Å². The first kappa shape index (κ1) is 25.8. The van der Waals surface area contributed by atoms with Gasteiger partial charge in [-0.2, -0.15) is 0 Å². The Hall–Kier alpha value is -1.46. The number of likely N-dealkylation sites (tertiary alicyclic amines) is 1. The molecule has 31 heavy (non-hydrogen) atoms. The van der Waals surface area contributed by atoms with Crippen molar-refractivity contribution in [1.29, 1.82) is 0 Å². The number of halogens is 3. The van der Waals surface area contributed by atoms with Gasteiger partial charge >= 0.3 is 0 Å². The molecule has 0 aromatic heterocycles. The zero-order chi connectivity index (χ0) is 21.7. The molecule has 0 bridgehead atoms. The van der Waals surface area contributed by atoms with Crippen LogP contribution in [0.25, 0.3) is 0 Å². The molecule has 0 spiro atoms. The summed E-state index contributed by atoms with van der Waals surface area (Å²) in [6.07, 6.45) is 2.05. The van der Waals surface area contributed by atoms with E-state index in [0.717, 1.165) is 49.4 Å². The molecule has 7 heteroatoms. The average Bonchev–Trinajstić information content (AvgIpc) is 2.71. The molecular formula is C24H31Cl3N2O2. The molecule has 1 saturated heterocycles. The van der Waals surface area contributed by atoms with Gasteiger partial charge in [0.25, 0.3) is 5.91 Å². The number of carbonyl (C=O) groups excluding carboxylic acids is 1. The van der Waals surface area contributed by atoms with Gasteiger partial charge in [-0.3, -0.25) is 4.79 Å². The number of nitrogens with one attached hydrogen (secondary N) is 1. The van der Waals surface area contributed by atoms with Gasteiger partial charge in [0.15, 0.2) is 0 Å². The molecule has 1 atom stereocenters. The van der Waals surface area contributed by atoms with Gasteiger partial charge in [0.1, 0.15) is 11.9 Å². The van der Waals surface area contributed by atoms with Gasteiger partial charge in [-0.1, -0.05) is 54.7 Å². The van der Waals surface area contributed by atoms with E-state index in [4.69, 9.17) is 27.9 Å². The van der Waals surface area contributed by atoms with Crippen LogP contribution >= 0.6 is 35.6 Å². The van der Waals surface area contributed by atoms with Crippen LogP contribution in [0, 0.1) is 12.8 Å². The monoisotopic (exact) mass is 484 g/mol. The van der Waals surface area contributed by atoms with E-state index in [2.05, 4.69) is 24.1 Å². The Balaban J connectivity index is 0.00000341. The number of amides is 1. The predicted molar refractivity (Wildman–Crippen MR) is 131 cm³/mol. The van der Waals surface area contributed by atoms with Crippen LogP contribution in [0.5, 0.6) is 5.75 Å². The Bertz CT molecular complexity index is 868. The van der Waals surface area contributed by atoms with Crippen LogP contribution in [0.2, 0.25) is 10.0 Å². The second-order valence-electron chi connectivity index (χ2n) is 8.39. The topological polar surface area (TPSA) is 41.6 Å². The van der Waals surface area contributed by atoms with Crippen LogP contribution in [0.1, 0.15) is 42.6 Å². The van der Waals surface area contributed by atoms with Crippen LogP contribution in [-0.4, -0.2) is 42.6 Å². The summed E-state index contributed by atoms with van der Waals surface area (Å²) in [6.45, 7) is 9.03. The normalized spacial score (nSPS) is 15.9. The van der Waals surface area contributed by atoms with Gasteiger partial charge in [-0.15, -0.1) is 12.4 Å². The third kappa shape index (κ3) is 7.57. The Labute approximate surface area is 201 Å². The summed E-state index contributed by atoms with van der Waals surface area (Å²) in [5, 5.41) is 4.27. The van der Waals surface area contributed by atoms with Crippen molar-refractivity contribution in [3.05, 3.63) is 63.6 Å². The fourth-order valence-corrected chi connectivity index (χ4v) is 3.98. The number of rotatable bonds is 7. The van der Waals surface area contributed by atoms with E-state index in [-0.39, 0.29) is 30.5 Å². The van der Waals surface area contributed by atoms with Gasteiger partial charge in [-0.25, -0.2) is 0 Å². The third-order valence-electron chi connectivity index (χ3n) is 5.58. The van der Waals surface area contributed by atoms with E-state index < -0.39 is 0 Å². The summed E-state index contributed by atoms with van der Waals surface area (Å²) in [6, 6.07) is 13.2. The molecule has 0 saturated carbocycles. The summed E-state index contributed by atoms with van der Waals surface area (Å²) < 4.78 is 6.09. The van der Waals surface area contributed by atoms with E-state index in [9.17, 15) is 4.79 Å². The minimum atomic E-state index is -0.00441. The fraction of sp³-hybridized carbons (Fsp3) is 0.458. The maximum atomic E-state index is 12.7. The molecule has 170 valence electrons. The zero-order valence-corrected chi connectivity index (χ0v) is 20.6. The van der Waals surface area contributed by atoms with Crippen molar-refractivity contribution in [3.63, 3.8) is 0 Å². The Morgan fingerprint density at radius 1 is 1.13 bits per heavy atom. The van der Waals surface area contributed by atoms with E-state index in [1.165, 1.54) is 0 Å². The summed E-state index contributed by atoms with van der Waals surface area (Å²) in [5.41, 5.74) is 1.81. The number of benzene rings is 2. The minimum absolute atomic E-state index is 0. The number of ether oxygens (including phenoxy) is 1. The number of hydrogen-bond acceptors (Lipinski definition) is 3. The number of piperidine rings is 1. The maximum absolute atomic E-state index is 12.7. The lowest BCUT2D eigenvalue weighted by atomic mass is 10.0. The number of nitrogens with zero attached hydrogens (tertiary/aromatic N) is 1. The molecule has 1 aliphatic heterocycles. The molecule has 4 nitrogen and oxygen atoms in total. The van der Waals surface area contributed by atoms with Crippen LogP contribution < -0.4 is 10.1 Å². The summed E-state index contributed by atoms with van der Waals surface area (Å²) in [5.74, 6) is 1.10. The van der Waals surface area contributed by atoms with Gasteiger partial charge in [0.05, 0.1) is 10.0 Å². The molecule has 3 rings (SSSR count). The van der Waals surface area contributed by atoms with Crippen LogP contribution in [0.15, 0.2) is 42.5 Å². The highest BCUT2D eigenvalue weighted by Crippen LogP contribution is 2.28. The highest BCUT2D eigenvalue weighted by Gasteiger charge is 2.25. The van der Waals surface area contributed by atoms with Crippen molar-refractivity contribution in [2.45, 2.75) is 45.8 Å². The second kappa shape index (κ2) is 12.0. The molecule has 1 heterocycles.